The molecule has 1 aromatic carbocycles. The Balaban J connectivity index is 2.15. The van der Waals surface area contributed by atoms with Crippen LogP contribution in [0.1, 0.15) is 18.4 Å². The summed E-state index contributed by atoms with van der Waals surface area (Å²) in [5.41, 5.74) is 2.36. The second-order valence-electron chi connectivity index (χ2n) is 3.64. The first kappa shape index (κ1) is 12.3. The van der Waals surface area contributed by atoms with E-state index < -0.39 is 8.03 Å². The molecule has 0 aliphatic heterocycles. The highest BCUT2D eigenvalue weighted by Crippen LogP contribution is 2.15. The summed E-state index contributed by atoms with van der Waals surface area (Å²) in [5.74, 6) is 0. The van der Waals surface area contributed by atoms with Crippen LogP contribution in [0, 0.1) is 6.92 Å². The minimum absolute atomic E-state index is 0.445. The van der Waals surface area contributed by atoms with Gasteiger partial charge in [0.25, 0.3) is 0 Å². The smallest absolute Gasteiger partial charge is 0.189 e. The van der Waals surface area contributed by atoms with E-state index in [1.807, 2.05) is 12.1 Å². The fourth-order valence-electron chi connectivity index (χ4n) is 1.31. The van der Waals surface area contributed by atoms with Crippen molar-refractivity contribution in [3.63, 3.8) is 0 Å². The third kappa shape index (κ3) is 5.60. The van der Waals surface area contributed by atoms with Crippen molar-refractivity contribution in [2.45, 2.75) is 19.8 Å². The molecule has 0 saturated heterocycles. The minimum Gasteiger partial charge on any atom is -0.385 e. The molecule has 0 amide bonds. The SMILES string of the molecule is Cc1ccc(NCCCC[PH](=O)O)cc1. The Labute approximate surface area is 91.4 Å². The predicted octanol–water partition coefficient (Wildman–Crippen LogP) is 2.65. The molecule has 0 heterocycles. The summed E-state index contributed by atoms with van der Waals surface area (Å²) in [6.45, 7) is 2.92. The normalized spacial score (nSPS) is 12.4. The molecule has 0 fully saturated rings. The van der Waals surface area contributed by atoms with Gasteiger partial charge in [0, 0.05) is 18.4 Å². The zero-order valence-electron chi connectivity index (χ0n) is 8.99. The highest BCUT2D eigenvalue weighted by atomic mass is 31.1. The van der Waals surface area contributed by atoms with Crippen LogP contribution in [-0.2, 0) is 4.57 Å². The summed E-state index contributed by atoms with van der Waals surface area (Å²) in [6.07, 6.45) is 2.19. The summed E-state index contributed by atoms with van der Waals surface area (Å²) in [5, 5.41) is 3.27. The standard InChI is InChI=1S/C11H18NO2P/c1-10-4-6-11(7-5-10)12-8-2-3-9-15(13)14/h4-7,12,15H,2-3,8-9H2,1H3,(H,13,14). The molecular weight excluding hydrogens is 209 g/mol. The van der Waals surface area contributed by atoms with E-state index in [9.17, 15) is 4.57 Å². The summed E-state index contributed by atoms with van der Waals surface area (Å²) in [7, 11) is -2.26. The minimum atomic E-state index is -2.26. The number of hydrogen-bond donors (Lipinski definition) is 2. The Kier molecular flexibility index (Phi) is 5.44. The second kappa shape index (κ2) is 6.65. The molecular formula is C11H18NO2P. The quantitative estimate of drug-likeness (QED) is 0.580. The van der Waals surface area contributed by atoms with E-state index in [2.05, 4.69) is 24.4 Å². The van der Waals surface area contributed by atoms with E-state index in [1.54, 1.807) is 0 Å². The molecule has 4 heteroatoms. The van der Waals surface area contributed by atoms with Crippen molar-refractivity contribution >= 4 is 13.7 Å². The zero-order valence-corrected chi connectivity index (χ0v) is 9.99. The van der Waals surface area contributed by atoms with E-state index >= 15 is 0 Å². The molecule has 3 nitrogen and oxygen atoms in total. The summed E-state index contributed by atoms with van der Waals surface area (Å²) < 4.78 is 10.4. The van der Waals surface area contributed by atoms with E-state index in [1.165, 1.54) is 5.56 Å². The largest absolute Gasteiger partial charge is 0.385 e. The molecule has 1 rings (SSSR count). The molecule has 0 aliphatic carbocycles. The first-order chi connectivity index (χ1) is 7.18. The fourth-order valence-corrected chi connectivity index (χ4v) is 1.86. The van der Waals surface area contributed by atoms with Crippen LogP contribution in [0.5, 0.6) is 0 Å². The highest BCUT2D eigenvalue weighted by molar-refractivity contribution is 7.37. The zero-order chi connectivity index (χ0) is 11.1. The van der Waals surface area contributed by atoms with E-state index in [0.29, 0.717) is 6.16 Å². The molecule has 0 bridgehead atoms. The average molecular weight is 227 g/mol. The molecule has 84 valence electrons. The molecule has 0 saturated carbocycles. The van der Waals surface area contributed by atoms with Gasteiger partial charge in [0.2, 0.25) is 0 Å². The number of nitrogens with one attached hydrogen (secondary N) is 1. The van der Waals surface area contributed by atoms with Crippen LogP contribution >= 0.6 is 8.03 Å². The predicted molar refractivity (Wildman–Crippen MR) is 65.0 cm³/mol. The summed E-state index contributed by atoms with van der Waals surface area (Å²) in [4.78, 5) is 8.63. The van der Waals surface area contributed by atoms with Gasteiger partial charge in [0.1, 0.15) is 0 Å². The van der Waals surface area contributed by atoms with E-state index in [4.69, 9.17) is 4.89 Å². The molecule has 0 aliphatic rings. The van der Waals surface area contributed by atoms with E-state index in [0.717, 1.165) is 25.1 Å². The number of rotatable bonds is 6. The maximum Gasteiger partial charge on any atom is 0.189 e. The van der Waals surface area contributed by atoms with Crippen LogP contribution < -0.4 is 5.32 Å². The highest BCUT2D eigenvalue weighted by Gasteiger charge is 1.94. The number of hydrogen-bond acceptors (Lipinski definition) is 2. The first-order valence-corrected chi connectivity index (χ1v) is 6.77. The van der Waals surface area contributed by atoms with Gasteiger partial charge < -0.3 is 10.2 Å². The Hall–Kier alpha value is -0.790. The van der Waals surface area contributed by atoms with Crippen LogP contribution in [0.15, 0.2) is 24.3 Å². The van der Waals surface area contributed by atoms with Gasteiger partial charge in [-0.05, 0) is 31.9 Å². The van der Waals surface area contributed by atoms with Crippen molar-refractivity contribution in [1.29, 1.82) is 0 Å². The second-order valence-corrected chi connectivity index (χ2v) is 4.93. The van der Waals surface area contributed by atoms with Crippen LogP contribution in [0.2, 0.25) is 0 Å². The lowest BCUT2D eigenvalue weighted by Gasteiger charge is -2.05. The lowest BCUT2D eigenvalue weighted by molar-refractivity contribution is 0.500. The Morgan fingerprint density at radius 3 is 2.53 bits per heavy atom. The summed E-state index contributed by atoms with van der Waals surface area (Å²) in [6, 6.07) is 8.22. The number of aryl methyl sites for hydroxylation is 1. The molecule has 15 heavy (non-hydrogen) atoms. The van der Waals surface area contributed by atoms with Crippen molar-refractivity contribution in [2.24, 2.45) is 0 Å². The number of unbranched alkanes of at least 4 members (excludes halogenated alkanes) is 1. The average Bonchev–Trinajstić information content (AvgIpc) is 2.20. The summed E-state index contributed by atoms with van der Waals surface area (Å²) >= 11 is 0. The van der Waals surface area contributed by atoms with Gasteiger partial charge in [-0.2, -0.15) is 0 Å². The number of anilines is 1. The number of benzene rings is 1. The molecule has 1 unspecified atom stereocenters. The van der Waals surface area contributed by atoms with Gasteiger partial charge >= 0.3 is 0 Å². The molecule has 0 aromatic heterocycles. The third-order valence-corrected chi connectivity index (χ3v) is 2.98. The lowest BCUT2D eigenvalue weighted by Crippen LogP contribution is -2.01. The van der Waals surface area contributed by atoms with E-state index in [-0.39, 0.29) is 0 Å². The Morgan fingerprint density at radius 1 is 1.27 bits per heavy atom. The molecule has 2 N–H and O–H groups in total. The maximum absolute atomic E-state index is 10.4. The Bertz CT molecular complexity index is 311. The third-order valence-electron chi connectivity index (χ3n) is 2.20. The molecule has 1 aromatic rings. The first-order valence-electron chi connectivity index (χ1n) is 5.21. The monoisotopic (exact) mass is 227 g/mol. The van der Waals surface area contributed by atoms with Crippen LogP contribution in [-0.4, -0.2) is 17.6 Å². The van der Waals surface area contributed by atoms with Crippen LogP contribution in [0.4, 0.5) is 5.69 Å². The van der Waals surface area contributed by atoms with Crippen molar-refractivity contribution in [2.75, 3.05) is 18.0 Å². The van der Waals surface area contributed by atoms with Crippen LogP contribution in [0.25, 0.3) is 0 Å². The van der Waals surface area contributed by atoms with Gasteiger partial charge in [0.05, 0.1) is 0 Å². The van der Waals surface area contributed by atoms with Gasteiger partial charge in [-0.3, -0.25) is 4.57 Å². The van der Waals surface area contributed by atoms with Gasteiger partial charge in [-0.25, -0.2) is 0 Å². The van der Waals surface area contributed by atoms with Gasteiger partial charge in [-0.1, -0.05) is 17.7 Å². The molecule has 0 radical (unpaired) electrons. The van der Waals surface area contributed by atoms with Gasteiger partial charge in [0.15, 0.2) is 8.03 Å². The molecule has 1 atom stereocenters. The van der Waals surface area contributed by atoms with Gasteiger partial charge in [-0.15, -0.1) is 0 Å². The lowest BCUT2D eigenvalue weighted by atomic mass is 10.2. The van der Waals surface area contributed by atoms with Crippen molar-refractivity contribution in [3.05, 3.63) is 29.8 Å². The maximum atomic E-state index is 10.4. The van der Waals surface area contributed by atoms with Crippen molar-refractivity contribution in [1.82, 2.24) is 0 Å². The fraction of sp³-hybridized carbons (Fsp3) is 0.455. The topological polar surface area (TPSA) is 49.3 Å². The van der Waals surface area contributed by atoms with Crippen molar-refractivity contribution in [3.8, 4) is 0 Å². The van der Waals surface area contributed by atoms with Crippen LogP contribution in [0.3, 0.4) is 0 Å². The van der Waals surface area contributed by atoms with Crippen molar-refractivity contribution < 1.29 is 9.46 Å². The molecule has 0 spiro atoms. The Morgan fingerprint density at radius 2 is 1.93 bits per heavy atom.